The van der Waals surface area contributed by atoms with Crippen molar-refractivity contribution >= 4 is 6.16 Å². The van der Waals surface area contributed by atoms with E-state index in [1.807, 2.05) is 30.3 Å². The molecule has 1 heterocycles. The number of hydrogen-bond donors (Lipinski definition) is 1. The van der Waals surface area contributed by atoms with Gasteiger partial charge < -0.3 is 14.6 Å². The number of benzene rings is 1. The Kier molecular flexibility index (Phi) is 2.37. The standard InChI is InChI=1S/C10H10O4/c11-6-8-9(14-10(12)13-8)7-4-2-1-3-5-7/h1-5,8-9,11H,6H2/t8-,9-/m1/s1. The lowest BCUT2D eigenvalue weighted by Gasteiger charge is -2.12. The second-order valence-electron chi connectivity index (χ2n) is 3.04. The van der Waals surface area contributed by atoms with E-state index in [0.29, 0.717) is 0 Å². The second-order valence-corrected chi connectivity index (χ2v) is 3.04. The molecule has 0 unspecified atom stereocenters. The number of aliphatic hydroxyl groups excluding tert-OH is 1. The third-order valence-electron chi connectivity index (χ3n) is 2.12. The molecule has 0 aliphatic carbocycles. The summed E-state index contributed by atoms with van der Waals surface area (Å²) >= 11 is 0. The molecule has 1 aromatic rings. The van der Waals surface area contributed by atoms with E-state index in [1.54, 1.807) is 0 Å². The van der Waals surface area contributed by atoms with Crippen LogP contribution in [0.3, 0.4) is 0 Å². The highest BCUT2D eigenvalue weighted by atomic mass is 16.8. The molecule has 1 fully saturated rings. The van der Waals surface area contributed by atoms with E-state index in [2.05, 4.69) is 0 Å². The van der Waals surface area contributed by atoms with Gasteiger partial charge in [-0.3, -0.25) is 0 Å². The lowest BCUT2D eigenvalue weighted by Crippen LogP contribution is -2.19. The van der Waals surface area contributed by atoms with E-state index >= 15 is 0 Å². The summed E-state index contributed by atoms with van der Waals surface area (Å²) < 4.78 is 9.70. The van der Waals surface area contributed by atoms with Crippen LogP contribution in [0, 0.1) is 0 Å². The van der Waals surface area contributed by atoms with E-state index < -0.39 is 18.4 Å². The molecule has 2 atom stereocenters. The molecular formula is C10H10O4. The number of aliphatic hydroxyl groups is 1. The smallest absolute Gasteiger partial charge is 0.424 e. The Labute approximate surface area is 81.1 Å². The second kappa shape index (κ2) is 3.67. The largest absolute Gasteiger partial charge is 0.509 e. The molecule has 0 amide bonds. The van der Waals surface area contributed by atoms with E-state index in [0.717, 1.165) is 5.56 Å². The average Bonchev–Trinajstić information content (AvgIpc) is 2.61. The van der Waals surface area contributed by atoms with E-state index in [1.165, 1.54) is 0 Å². The highest BCUT2D eigenvalue weighted by Gasteiger charge is 2.36. The van der Waals surface area contributed by atoms with Gasteiger partial charge in [-0.25, -0.2) is 4.79 Å². The van der Waals surface area contributed by atoms with Gasteiger partial charge in [-0.1, -0.05) is 30.3 Å². The van der Waals surface area contributed by atoms with Gasteiger partial charge in [0.1, 0.15) is 0 Å². The summed E-state index contributed by atoms with van der Waals surface area (Å²) in [7, 11) is 0. The van der Waals surface area contributed by atoms with Crippen LogP contribution in [-0.2, 0) is 9.47 Å². The Morgan fingerprint density at radius 2 is 1.93 bits per heavy atom. The number of hydrogen-bond acceptors (Lipinski definition) is 4. The molecule has 2 rings (SSSR count). The van der Waals surface area contributed by atoms with Gasteiger partial charge in [0.15, 0.2) is 12.2 Å². The third-order valence-corrected chi connectivity index (χ3v) is 2.12. The summed E-state index contributed by atoms with van der Waals surface area (Å²) in [4.78, 5) is 10.8. The first-order valence-electron chi connectivity index (χ1n) is 4.34. The molecule has 1 aliphatic heterocycles. The van der Waals surface area contributed by atoms with Crippen LogP contribution in [-0.4, -0.2) is 24.0 Å². The van der Waals surface area contributed by atoms with Crippen LogP contribution in [0.4, 0.5) is 4.79 Å². The molecule has 1 aliphatic rings. The first-order chi connectivity index (χ1) is 6.81. The van der Waals surface area contributed by atoms with Crippen molar-refractivity contribution in [2.24, 2.45) is 0 Å². The van der Waals surface area contributed by atoms with Gasteiger partial charge in [0.25, 0.3) is 0 Å². The molecule has 74 valence electrons. The first-order valence-corrected chi connectivity index (χ1v) is 4.34. The lowest BCUT2D eigenvalue weighted by atomic mass is 10.1. The summed E-state index contributed by atoms with van der Waals surface area (Å²) in [5, 5.41) is 8.96. The van der Waals surface area contributed by atoms with Crippen molar-refractivity contribution in [2.75, 3.05) is 6.61 Å². The maximum Gasteiger partial charge on any atom is 0.509 e. The molecular weight excluding hydrogens is 184 g/mol. The molecule has 4 heteroatoms. The Hall–Kier alpha value is -1.55. The fourth-order valence-electron chi connectivity index (χ4n) is 1.45. The summed E-state index contributed by atoms with van der Waals surface area (Å²) in [6.07, 6.45) is -1.81. The van der Waals surface area contributed by atoms with Crippen molar-refractivity contribution in [3.63, 3.8) is 0 Å². The van der Waals surface area contributed by atoms with E-state index in [4.69, 9.17) is 14.6 Å². The quantitative estimate of drug-likeness (QED) is 0.720. The molecule has 0 aromatic heterocycles. The molecule has 1 N–H and O–H groups in total. The van der Waals surface area contributed by atoms with Crippen LogP contribution in [0.2, 0.25) is 0 Å². The molecule has 0 saturated carbocycles. The highest BCUT2D eigenvalue weighted by Crippen LogP contribution is 2.29. The number of carbonyl (C=O) groups excluding carboxylic acids is 1. The van der Waals surface area contributed by atoms with Crippen molar-refractivity contribution in [3.05, 3.63) is 35.9 Å². The van der Waals surface area contributed by atoms with Gasteiger partial charge in [0.2, 0.25) is 0 Å². The summed E-state index contributed by atoms with van der Waals surface area (Å²) in [5.41, 5.74) is 0.831. The maximum atomic E-state index is 10.8. The Morgan fingerprint density at radius 3 is 2.57 bits per heavy atom. The van der Waals surface area contributed by atoms with Crippen LogP contribution in [0.15, 0.2) is 30.3 Å². The van der Waals surface area contributed by atoms with Gasteiger partial charge in [-0.15, -0.1) is 0 Å². The lowest BCUT2D eigenvalue weighted by molar-refractivity contribution is 0.0816. The zero-order valence-corrected chi connectivity index (χ0v) is 7.42. The van der Waals surface area contributed by atoms with E-state index in [-0.39, 0.29) is 6.61 Å². The normalized spacial score (nSPS) is 25.6. The van der Waals surface area contributed by atoms with Gasteiger partial charge in [-0.05, 0) is 5.56 Å². The Balaban J connectivity index is 2.22. The van der Waals surface area contributed by atoms with Gasteiger partial charge in [0.05, 0.1) is 6.61 Å². The van der Waals surface area contributed by atoms with Crippen LogP contribution < -0.4 is 0 Å². The van der Waals surface area contributed by atoms with E-state index in [9.17, 15) is 4.79 Å². The zero-order valence-electron chi connectivity index (χ0n) is 7.42. The highest BCUT2D eigenvalue weighted by molar-refractivity contribution is 5.63. The predicted molar refractivity (Wildman–Crippen MR) is 47.6 cm³/mol. The minimum Gasteiger partial charge on any atom is -0.424 e. The minimum absolute atomic E-state index is 0.231. The molecule has 1 aromatic carbocycles. The molecule has 4 nitrogen and oxygen atoms in total. The summed E-state index contributed by atoms with van der Waals surface area (Å²) in [6.45, 7) is -0.231. The number of rotatable bonds is 2. The fraction of sp³-hybridized carbons (Fsp3) is 0.300. The predicted octanol–water partition coefficient (Wildman–Crippen LogP) is 1.26. The fourth-order valence-corrected chi connectivity index (χ4v) is 1.45. The molecule has 0 radical (unpaired) electrons. The number of cyclic esters (lactones) is 2. The third kappa shape index (κ3) is 1.56. The van der Waals surface area contributed by atoms with Crippen molar-refractivity contribution in [1.29, 1.82) is 0 Å². The topological polar surface area (TPSA) is 55.8 Å². The van der Waals surface area contributed by atoms with Crippen LogP contribution in [0.5, 0.6) is 0 Å². The zero-order chi connectivity index (χ0) is 9.97. The van der Waals surface area contributed by atoms with Crippen molar-refractivity contribution in [1.82, 2.24) is 0 Å². The molecule has 14 heavy (non-hydrogen) atoms. The van der Waals surface area contributed by atoms with Crippen LogP contribution >= 0.6 is 0 Å². The molecule has 1 saturated heterocycles. The summed E-state index contributed by atoms with van der Waals surface area (Å²) in [6, 6.07) is 9.21. The summed E-state index contributed by atoms with van der Waals surface area (Å²) in [5.74, 6) is 0. The Bertz CT molecular complexity index is 322. The average molecular weight is 194 g/mol. The molecule has 0 bridgehead atoms. The Morgan fingerprint density at radius 1 is 1.21 bits per heavy atom. The van der Waals surface area contributed by atoms with Crippen molar-refractivity contribution in [2.45, 2.75) is 12.2 Å². The first kappa shape index (κ1) is 9.02. The van der Waals surface area contributed by atoms with Crippen molar-refractivity contribution in [3.8, 4) is 0 Å². The van der Waals surface area contributed by atoms with Crippen LogP contribution in [0.1, 0.15) is 11.7 Å². The van der Waals surface area contributed by atoms with Gasteiger partial charge >= 0.3 is 6.16 Å². The van der Waals surface area contributed by atoms with Crippen molar-refractivity contribution < 1.29 is 19.4 Å². The SMILES string of the molecule is O=C1O[C@H](c2ccccc2)[C@@H](CO)O1. The maximum absolute atomic E-state index is 10.8. The van der Waals surface area contributed by atoms with Gasteiger partial charge in [-0.2, -0.15) is 0 Å². The number of carbonyl (C=O) groups is 1. The van der Waals surface area contributed by atoms with Crippen LogP contribution in [0.25, 0.3) is 0 Å². The minimum atomic E-state index is -0.724. The molecule has 0 spiro atoms. The number of ether oxygens (including phenoxy) is 2. The monoisotopic (exact) mass is 194 g/mol. The van der Waals surface area contributed by atoms with Gasteiger partial charge in [0, 0.05) is 0 Å².